The van der Waals surface area contributed by atoms with Crippen molar-refractivity contribution in [1.29, 1.82) is 0 Å². The van der Waals surface area contributed by atoms with E-state index >= 15 is 0 Å². The molecule has 10 heteroatoms. The summed E-state index contributed by atoms with van der Waals surface area (Å²) in [7, 11) is 0. The highest BCUT2D eigenvalue weighted by Gasteiger charge is 2.27. The summed E-state index contributed by atoms with van der Waals surface area (Å²) < 4.78 is 5.11. The summed E-state index contributed by atoms with van der Waals surface area (Å²) in [4.78, 5) is 46.7. The van der Waals surface area contributed by atoms with Gasteiger partial charge in [0.25, 0.3) is 0 Å². The van der Waals surface area contributed by atoms with Crippen LogP contribution in [0.3, 0.4) is 0 Å². The van der Waals surface area contributed by atoms with Gasteiger partial charge in [0.1, 0.15) is 17.7 Å². The summed E-state index contributed by atoms with van der Waals surface area (Å²) in [5.74, 6) is -2.07. The molecule has 1 rings (SSSR count). The Labute approximate surface area is 183 Å². The van der Waals surface area contributed by atoms with Gasteiger partial charge < -0.3 is 30.9 Å². The number of rotatable bonds is 11. The number of amides is 3. The number of hydrogen-bond acceptors (Lipinski definition) is 5. The highest BCUT2D eigenvalue weighted by Crippen LogP contribution is 2.27. The van der Waals surface area contributed by atoms with E-state index in [-0.39, 0.29) is 12.3 Å². The van der Waals surface area contributed by atoms with Gasteiger partial charge in [-0.25, -0.2) is 19.2 Å². The first-order valence-electron chi connectivity index (χ1n) is 11.0. The minimum atomic E-state index is -1.20. The summed E-state index contributed by atoms with van der Waals surface area (Å²) in [5, 5.41) is 26.1. The maximum atomic E-state index is 12.2. The summed E-state index contributed by atoms with van der Waals surface area (Å²) in [6.07, 6.45) is 6.07. The Hall–Kier alpha value is -2.52. The van der Waals surface area contributed by atoms with Crippen molar-refractivity contribution in [2.24, 2.45) is 5.92 Å². The van der Waals surface area contributed by atoms with Crippen LogP contribution in [-0.4, -0.2) is 58.5 Å². The van der Waals surface area contributed by atoms with Gasteiger partial charge in [-0.1, -0.05) is 32.1 Å². The van der Waals surface area contributed by atoms with Crippen LogP contribution in [0.4, 0.5) is 9.59 Å². The number of urea groups is 1. The topological polar surface area (TPSA) is 154 Å². The fraction of sp³-hybridized carbons (Fsp3) is 0.810. The number of carbonyl (C=O) groups is 4. The van der Waals surface area contributed by atoms with Crippen LogP contribution in [0.5, 0.6) is 0 Å². The summed E-state index contributed by atoms with van der Waals surface area (Å²) in [6, 6.07) is -3.00. The Bertz CT molecular complexity index is 613. The molecule has 0 heterocycles. The van der Waals surface area contributed by atoms with Gasteiger partial charge in [-0.3, -0.25) is 0 Å². The Morgan fingerprint density at radius 3 is 2.06 bits per heavy atom. The largest absolute Gasteiger partial charge is 0.480 e. The van der Waals surface area contributed by atoms with Crippen LogP contribution in [0.2, 0.25) is 0 Å². The number of unbranched alkanes of at least 4 members (excludes halogenated alkanes) is 1. The second-order valence-electron chi connectivity index (χ2n) is 9.06. The molecule has 1 aliphatic rings. The zero-order valence-electron chi connectivity index (χ0n) is 18.7. The number of carboxylic acids is 2. The summed E-state index contributed by atoms with van der Waals surface area (Å²) in [6.45, 7) is 5.58. The van der Waals surface area contributed by atoms with Crippen molar-refractivity contribution in [2.75, 3.05) is 6.54 Å². The van der Waals surface area contributed by atoms with Crippen LogP contribution in [0.15, 0.2) is 0 Å². The molecule has 0 aromatic rings. The van der Waals surface area contributed by atoms with Crippen LogP contribution in [0.25, 0.3) is 0 Å². The van der Waals surface area contributed by atoms with E-state index in [2.05, 4.69) is 16.0 Å². The third-order valence-corrected chi connectivity index (χ3v) is 5.09. The molecule has 0 spiro atoms. The summed E-state index contributed by atoms with van der Waals surface area (Å²) >= 11 is 0. The quantitative estimate of drug-likeness (QED) is 0.308. The second-order valence-corrected chi connectivity index (χ2v) is 9.06. The molecule has 31 heavy (non-hydrogen) atoms. The zero-order valence-corrected chi connectivity index (χ0v) is 18.7. The molecule has 0 aromatic carbocycles. The van der Waals surface area contributed by atoms with Crippen molar-refractivity contribution >= 4 is 24.1 Å². The number of nitrogens with one attached hydrogen (secondary N) is 3. The highest BCUT2D eigenvalue weighted by atomic mass is 16.6. The molecule has 0 saturated heterocycles. The van der Waals surface area contributed by atoms with Crippen molar-refractivity contribution in [3.63, 3.8) is 0 Å². The Balaban J connectivity index is 2.39. The number of carboxylic acid groups (broad SMARTS) is 2. The predicted molar refractivity (Wildman–Crippen MR) is 114 cm³/mol. The highest BCUT2D eigenvalue weighted by molar-refractivity contribution is 5.86. The van der Waals surface area contributed by atoms with Gasteiger partial charge in [-0.05, 0) is 52.4 Å². The van der Waals surface area contributed by atoms with Gasteiger partial charge in [0, 0.05) is 6.54 Å². The Morgan fingerprint density at radius 2 is 1.52 bits per heavy atom. The first-order valence-corrected chi connectivity index (χ1v) is 11.0. The number of ether oxygens (including phenoxy) is 1. The van der Waals surface area contributed by atoms with Crippen molar-refractivity contribution in [3.05, 3.63) is 0 Å². The lowest BCUT2D eigenvalue weighted by Crippen LogP contribution is -2.51. The molecule has 3 amide bonds. The molecule has 178 valence electrons. The van der Waals surface area contributed by atoms with E-state index in [4.69, 9.17) is 4.74 Å². The minimum absolute atomic E-state index is 0.152. The van der Waals surface area contributed by atoms with Crippen LogP contribution in [-0.2, 0) is 14.3 Å². The normalized spacial score (nSPS) is 16.6. The lowest BCUT2D eigenvalue weighted by atomic mass is 9.85. The SMILES string of the molecule is CC(C)(C)OC(=O)NCCCC[C@H](NC(=O)N[C@H](CC1CCCCC1)C(=O)O)C(=O)O. The fourth-order valence-corrected chi connectivity index (χ4v) is 3.57. The minimum Gasteiger partial charge on any atom is -0.480 e. The van der Waals surface area contributed by atoms with E-state index in [0.29, 0.717) is 25.8 Å². The average Bonchev–Trinajstić information content (AvgIpc) is 2.65. The lowest BCUT2D eigenvalue weighted by Gasteiger charge is -2.25. The molecule has 1 fully saturated rings. The number of alkyl carbamates (subject to hydrolysis) is 1. The Morgan fingerprint density at radius 1 is 0.935 bits per heavy atom. The molecule has 0 radical (unpaired) electrons. The van der Waals surface area contributed by atoms with Gasteiger partial charge in [0.2, 0.25) is 0 Å². The van der Waals surface area contributed by atoms with Gasteiger partial charge in [-0.2, -0.15) is 0 Å². The average molecular weight is 444 g/mol. The van der Waals surface area contributed by atoms with Crippen molar-refractivity contribution in [2.45, 2.75) is 96.2 Å². The first-order chi connectivity index (χ1) is 14.5. The molecule has 0 aromatic heterocycles. The molecular formula is C21H37N3O7. The number of carbonyl (C=O) groups excluding carboxylic acids is 2. The van der Waals surface area contributed by atoms with Crippen molar-refractivity contribution in [3.8, 4) is 0 Å². The molecule has 5 N–H and O–H groups in total. The molecular weight excluding hydrogens is 406 g/mol. The third kappa shape index (κ3) is 12.0. The van der Waals surface area contributed by atoms with Crippen LogP contribution in [0.1, 0.15) is 78.6 Å². The third-order valence-electron chi connectivity index (χ3n) is 5.09. The van der Waals surface area contributed by atoms with E-state index in [1.54, 1.807) is 20.8 Å². The van der Waals surface area contributed by atoms with E-state index in [1.807, 2.05) is 0 Å². The van der Waals surface area contributed by atoms with Gasteiger partial charge in [-0.15, -0.1) is 0 Å². The van der Waals surface area contributed by atoms with Crippen LogP contribution in [0, 0.1) is 5.92 Å². The molecule has 2 atom stereocenters. The standard InChI is InChI=1S/C21H37N3O7/c1-21(2,3)31-20(30)22-12-8-7-11-15(17(25)26)23-19(29)24-16(18(27)28)13-14-9-5-4-6-10-14/h14-16H,4-13H2,1-3H3,(H,22,30)(H,25,26)(H,27,28)(H2,23,24,29)/t15-,16+/m0/s1. The number of hydrogen-bond donors (Lipinski definition) is 5. The molecule has 1 saturated carbocycles. The monoisotopic (exact) mass is 443 g/mol. The predicted octanol–water partition coefficient (Wildman–Crippen LogP) is 2.86. The van der Waals surface area contributed by atoms with E-state index in [1.165, 1.54) is 0 Å². The smallest absolute Gasteiger partial charge is 0.407 e. The number of aliphatic carboxylic acids is 2. The summed E-state index contributed by atoms with van der Waals surface area (Å²) in [5.41, 5.74) is -0.597. The van der Waals surface area contributed by atoms with Crippen molar-refractivity contribution < 1.29 is 34.1 Å². The maximum Gasteiger partial charge on any atom is 0.407 e. The first kappa shape index (κ1) is 26.5. The van der Waals surface area contributed by atoms with Gasteiger partial charge in [0.05, 0.1) is 0 Å². The van der Waals surface area contributed by atoms with E-state index < -0.39 is 41.7 Å². The van der Waals surface area contributed by atoms with Crippen LogP contribution >= 0.6 is 0 Å². The maximum absolute atomic E-state index is 12.2. The molecule has 10 nitrogen and oxygen atoms in total. The van der Waals surface area contributed by atoms with Crippen molar-refractivity contribution in [1.82, 2.24) is 16.0 Å². The lowest BCUT2D eigenvalue weighted by molar-refractivity contribution is -0.140. The molecule has 0 unspecified atom stereocenters. The van der Waals surface area contributed by atoms with Gasteiger partial charge >= 0.3 is 24.1 Å². The van der Waals surface area contributed by atoms with E-state index in [0.717, 1.165) is 32.1 Å². The van der Waals surface area contributed by atoms with E-state index in [9.17, 15) is 29.4 Å². The fourth-order valence-electron chi connectivity index (χ4n) is 3.57. The molecule has 0 bridgehead atoms. The van der Waals surface area contributed by atoms with Crippen LogP contribution < -0.4 is 16.0 Å². The Kier molecular flexibility index (Phi) is 11.1. The zero-order chi connectivity index (χ0) is 23.4. The second kappa shape index (κ2) is 13.0. The van der Waals surface area contributed by atoms with Gasteiger partial charge in [0.15, 0.2) is 0 Å². The molecule has 1 aliphatic carbocycles. The molecule has 0 aliphatic heterocycles.